The Kier molecular flexibility index (Phi) is 4.35. The van der Waals surface area contributed by atoms with Crippen LogP contribution in [0.25, 0.3) is 0 Å². The topological polar surface area (TPSA) is 66.4 Å². The molecule has 1 aliphatic rings. The molecule has 0 spiro atoms. The van der Waals surface area contributed by atoms with E-state index in [1.165, 1.54) is 0 Å². The molecule has 1 aliphatic carbocycles. The summed E-state index contributed by atoms with van der Waals surface area (Å²) in [7, 11) is 0. The van der Waals surface area contributed by atoms with Crippen molar-refractivity contribution in [1.29, 1.82) is 0 Å². The first-order chi connectivity index (χ1) is 9.79. The van der Waals surface area contributed by atoms with E-state index in [0.29, 0.717) is 6.42 Å². The van der Waals surface area contributed by atoms with Crippen LogP contribution in [0, 0.1) is 24.2 Å². The van der Waals surface area contributed by atoms with Crippen LogP contribution in [-0.2, 0) is 16.0 Å². The maximum atomic E-state index is 12.0. The number of carboxylic acids is 1. The largest absolute Gasteiger partial charge is 0.481 e. The normalized spacial score (nSPS) is 20.6. The maximum absolute atomic E-state index is 12.0. The van der Waals surface area contributed by atoms with Gasteiger partial charge in [-0.3, -0.25) is 9.59 Å². The minimum atomic E-state index is -0.869. The lowest BCUT2D eigenvalue weighted by atomic mass is 9.98. The van der Waals surface area contributed by atoms with E-state index in [9.17, 15) is 14.7 Å². The first-order valence-electron chi connectivity index (χ1n) is 7.35. The van der Waals surface area contributed by atoms with Gasteiger partial charge in [-0.1, -0.05) is 43.7 Å². The Hall–Kier alpha value is -1.84. The zero-order valence-corrected chi connectivity index (χ0v) is 12.8. The standard InChI is InChI=1S/C17H23NO3/c1-11-5-4-6-12(7-11)8-13(16(20)21)10-18-15(19)14-9-17(14,2)3/h4-7,13-14H,8-10H2,1-3H3,(H,18,19)(H,20,21)/t13?,14-/m1/s1. The van der Waals surface area contributed by atoms with Gasteiger partial charge in [0.1, 0.15) is 0 Å². The number of aliphatic carboxylic acids is 1. The number of nitrogens with one attached hydrogen (secondary N) is 1. The highest BCUT2D eigenvalue weighted by Gasteiger charge is 2.50. The van der Waals surface area contributed by atoms with E-state index in [2.05, 4.69) is 19.2 Å². The van der Waals surface area contributed by atoms with Gasteiger partial charge in [0.05, 0.1) is 5.92 Å². The average Bonchev–Trinajstić information content (AvgIpc) is 3.03. The van der Waals surface area contributed by atoms with Gasteiger partial charge in [-0.05, 0) is 30.7 Å². The molecular weight excluding hydrogens is 266 g/mol. The number of hydrogen-bond donors (Lipinski definition) is 2. The highest BCUT2D eigenvalue weighted by Crippen LogP contribution is 2.51. The van der Waals surface area contributed by atoms with Gasteiger partial charge in [-0.15, -0.1) is 0 Å². The highest BCUT2D eigenvalue weighted by atomic mass is 16.4. The number of carbonyl (C=O) groups is 2. The molecule has 0 radical (unpaired) electrons. The monoisotopic (exact) mass is 289 g/mol. The van der Waals surface area contributed by atoms with Crippen LogP contribution in [0.1, 0.15) is 31.4 Å². The van der Waals surface area contributed by atoms with E-state index in [0.717, 1.165) is 17.5 Å². The fourth-order valence-corrected chi connectivity index (χ4v) is 2.63. The van der Waals surface area contributed by atoms with Crippen LogP contribution in [0.4, 0.5) is 0 Å². The van der Waals surface area contributed by atoms with Gasteiger partial charge in [0.25, 0.3) is 0 Å². The van der Waals surface area contributed by atoms with E-state index in [1.54, 1.807) is 0 Å². The van der Waals surface area contributed by atoms with Gasteiger partial charge in [0, 0.05) is 12.5 Å². The van der Waals surface area contributed by atoms with E-state index >= 15 is 0 Å². The van der Waals surface area contributed by atoms with Crippen LogP contribution >= 0.6 is 0 Å². The number of carboxylic acid groups (broad SMARTS) is 1. The second-order valence-corrected chi connectivity index (χ2v) is 6.72. The van der Waals surface area contributed by atoms with Crippen molar-refractivity contribution in [3.05, 3.63) is 35.4 Å². The molecular formula is C17H23NO3. The van der Waals surface area contributed by atoms with Crippen molar-refractivity contribution in [2.24, 2.45) is 17.3 Å². The quantitative estimate of drug-likeness (QED) is 0.845. The number of carbonyl (C=O) groups excluding carboxylic acids is 1. The van der Waals surface area contributed by atoms with Crippen molar-refractivity contribution in [2.45, 2.75) is 33.6 Å². The van der Waals surface area contributed by atoms with Crippen LogP contribution in [0.2, 0.25) is 0 Å². The molecule has 21 heavy (non-hydrogen) atoms. The molecule has 1 aromatic carbocycles. The molecule has 2 N–H and O–H groups in total. The number of amides is 1. The Morgan fingerprint density at radius 2 is 2.10 bits per heavy atom. The molecule has 2 rings (SSSR count). The second-order valence-electron chi connectivity index (χ2n) is 6.72. The van der Waals surface area contributed by atoms with Gasteiger partial charge in [-0.25, -0.2) is 0 Å². The molecule has 0 bridgehead atoms. The van der Waals surface area contributed by atoms with Crippen LogP contribution in [0.3, 0.4) is 0 Å². The molecule has 0 aliphatic heterocycles. The van der Waals surface area contributed by atoms with Gasteiger partial charge in [0.2, 0.25) is 5.91 Å². The SMILES string of the molecule is Cc1cccc(CC(CNC(=O)[C@H]2CC2(C)C)C(=O)O)c1. The van der Waals surface area contributed by atoms with E-state index in [4.69, 9.17) is 0 Å². The van der Waals surface area contributed by atoms with Crippen molar-refractivity contribution in [2.75, 3.05) is 6.54 Å². The number of aryl methyl sites for hydroxylation is 1. The molecule has 0 heterocycles. The first kappa shape index (κ1) is 15.5. The van der Waals surface area contributed by atoms with Gasteiger partial charge in [-0.2, -0.15) is 0 Å². The third kappa shape index (κ3) is 4.06. The Balaban J connectivity index is 1.91. The molecule has 4 heteroatoms. The van der Waals surface area contributed by atoms with E-state index in [-0.39, 0.29) is 23.8 Å². The summed E-state index contributed by atoms with van der Waals surface area (Å²) in [5, 5.41) is 12.1. The summed E-state index contributed by atoms with van der Waals surface area (Å²) >= 11 is 0. The molecule has 0 aromatic heterocycles. The van der Waals surface area contributed by atoms with Crippen molar-refractivity contribution in [1.82, 2.24) is 5.32 Å². The summed E-state index contributed by atoms with van der Waals surface area (Å²) in [6, 6.07) is 7.82. The fraction of sp³-hybridized carbons (Fsp3) is 0.529. The third-order valence-electron chi connectivity index (χ3n) is 4.27. The summed E-state index contributed by atoms with van der Waals surface area (Å²) in [6.45, 7) is 6.28. The summed E-state index contributed by atoms with van der Waals surface area (Å²) in [4.78, 5) is 23.3. The second kappa shape index (κ2) is 5.88. The van der Waals surface area contributed by atoms with Gasteiger partial charge < -0.3 is 10.4 Å². The number of benzene rings is 1. The Morgan fingerprint density at radius 3 is 2.62 bits per heavy atom. The number of rotatable bonds is 6. The zero-order chi connectivity index (χ0) is 15.6. The lowest BCUT2D eigenvalue weighted by Gasteiger charge is -2.14. The van der Waals surface area contributed by atoms with Crippen molar-refractivity contribution >= 4 is 11.9 Å². The minimum Gasteiger partial charge on any atom is -0.481 e. The van der Waals surface area contributed by atoms with E-state index < -0.39 is 11.9 Å². The first-order valence-corrected chi connectivity index (χ1v) is 7.35. The molecule has 1 aromatic rings. The highest BCUT2D eigenvalue weighted by molar-refractivity contribution is 5.83. The lowest BCUT2D eigenvalue weighted by molar-refractivity contribution is -0.141. The fourth-order valence-electron chi connectivity index (χ4n) is 2.63. The Morgan fingerprint density at radius 1 is 1.43 bits per heavy atom. The van der Waals surface area contributed by atoms with E-state index in [1.807, 2.05) is 31.2 Å². The average molecular weight is 289 g/mol. The summed E-state index contributed by atoms with van der Waals surface area (Å²) in [6.07, 6.45) is 1.32. The molecule has 1 fully saturated rings. The summed E-state index contributed by atoms with van der Waals surface area (Å²) in [5.74, 6) is -1.44. The van der Waals surface area contributed by atoms with Gasteiger partial charge >= 0.3 is 5.97 Å². The maximum Gasteiger partial charge on any atom is 0.308 e. The van der Waals surface area contributed by atoms with Crippen LogP contribution in [0.15, 0.2) is 24.3 Å². The molecule has 1 unspecified atom stereocenters. The Labute approximate surface area is 125 Å². The number of hydrogen-bond acceptors (Lipinski definition) is 2. The third-order valence-corrected chi connectivity index (χ3v) is 4.27. The predicted molar refractivity (Wildman–Crippen MR) is 80.9 cm³/mol. The minimum absolute atomic E-state index is 0.0181. The molecule has 0 saturated heterocycles. The molecule has 1 amide bonds. The van der Waals surface area contributed by atoms with Crippen molar-refractivity contribution < 1.29 is 14.7 Å². The molecule has 4 nitrogen and oxygen atoms in total. The summed E-state index contributed by atoms with van der Waals surface area (Å²) < 4.78 is 0. The molecule has 2 atom stereocenters. The Bertz CT molecular complexity index is 551. The van der Waals surface area contributed by atoms with Crippen LogP contribution in [-0.4, -0.2) is 23.5 Å². The molecule has 1 saturated carbocycles. The summed E-state index contributed by atoms with van der Waals surface area (Å²) in [5.41, 5.74) is 2.17. The smallest absolute Gasteiger partial charge is 0.308 e. The zero-order valence-electron chi connectivity index (χ0n) is 12.8. The van der Waals surface area contributed by atoms with Crippen LogP contribution in [0.5, 0.6) is 0 Å². The van der Waals surface area contributed by atoms with Crippen LogP contribution < -0.4 is 5.32 Å². The lowest BCUT2D eigenvalue weighted by Crippen LogP contribution is -2.35. The van der Waals surface area contributed by atoms with Crippen molar-refractivity contribution in [3.63, 3.8) is 0 Å². The van der Waals surface area contributed by atoms with Crippen molar-refractivity contribution in [3.8, 4) is 0 Å². The molecule has 114 valence electrons. The predicted octanol–water partition coefficient (Wildman–Crippen LogP) is 2.40. The van der Waals surface area contributed by atoms with Gasteiger partial charge in [0.15, 0.2) is 0 Å².